The summed E-state index contributed by atoms with van der Waals surface area (Å²) < 4.78 is 13.2. The van der Waals surface area contributed by atoms with Gasteiger partial charge in [0.2, 0.25) is 5.78 Å². The van der Waals surface area contributed by atoms with Gasteiger partial charge in [-0.3, -0.25) is 9.78 Å². The van der Waals surface area contributed by atoms with Gasteiger partial charge in [0.05, 0.1) is 0 Å². The highest BCUT2D eigenvalue weighted by Gasteiger charge is 2.23. The first kappa shape index (κ1) is 18.3. The minimum Gasteiger partial charge on any atom is -0.356 e. The quantitative estimate of drug-likeness (QED) is 0.614. The van der Waals surface area contributed by atoms with Crippen molar-refractivity contribution < 1.29 is 10.6 Å². The number of hydrogen-bond acceptors (Lipinski definition) is 4. The minimum absolute atomic E-state index is 0. The zero-order valence-corrected chi connectivity index (χ0v) is 15.8. The van der Waals surface area contributed by atoms with Crippen molar-refractivity contribution in [2.45, 2.75) is 25.7 Å². The molecule has 2 aromatic heterocycles. The highest BCUT2D eigenvalue weighted by Crippen LogP contribution is 2.29. The second-order valence-electron chi connectivity index (χ2n) is 7.18. The second-order valence-corrected chi connectivity index (χ2v) is 7.18. The molecule has 1 fully saturated rings. The van der Waals surface area contributed by atoms with Gasteiger partial charge in [0.15, 0.2) is 0 Å². The highest BCUT2D eigenvalue weighted by atomic mass is 19.1. The van der Waals surface area contributed by atoms with Crippen LogP contribution in [-0.2, 0) is 0 Å². The number of aromatic nitrogens is 2. The monoisotopic (exact) mass is 377 g/mol. The maximum atomic E-state index is 13.2. The number of ketones is 1. The van der Waals surface area contributed by atoms with Gasteiger partial charge >= 0.3 is 0 Å². The molecule has 4 nitrogen and oxygen atoms in total. The van der Waals surface area contributed by atoms with Crippen LogP contribution >= 0.6 is 0 Å². The van der Waals surface area contributed by atoms with Crippen molar-refractivity contribution in [2.24, 2.45) is 0 Å². The number of carbonyl (C=O) groups excluding carboxylic acids is 1. The summed E-state index contributed by atoms with van der Waals surface area (Å²) in [5, 5.41) is 0. The van der Waals surface area contributed by atoms with E-state index in [0.717, 1.165) is 37.3 Å². The third-order valence-corrected chi connectivity index (χ3v) is 5.31. The fourth-order valence-electron chi connectivity index (χ4n) is 3.78. The number of anilines is 1. The molecule has 1 aromatic carbocycles. The first-order valence-electron chi connectivity index (χ1n) is 9.55. The first-order valence-corrected chi connectivity index (χ1v) is 9.55. The van der Waals surface area contributed by atoms with E-state index in [4.69, 9.17) is 0 Å². The van der Waals surface area contributed by atoms with Crippen LogP contribution in [0.3, 0.4) is 0 Å². The molecule has 1 aliphatic heterocycles. The van der Waals surface area contributed by atoms with E-state index in [2.05, 4.69) is 14.9 Å². The summed E-state index contributed by atoms with van der Waals surface area (Å²) in [6.45, 7) is 3.53. The second kappa shape index (κ2) is 7.89. The predicted molar refractivity (Wildman–Crippen MR) is 109 cm³/mol. The van der Waals surface area contributed by atoms with Crippen LogP contribution in [0.4, 0.5) is 10.2 Å². The van der Waals surface area contributed by atoms with Gasteiger partial charge in [-0.2, -0.15) is 0 Å². The van der Waals surface area contributed by atoms with Crippen LogP contribution in [-0.4, -0.2) is 28.8 Å². The summed E-state index contributed by atoms with van der Waals surface area (Å²) >= 11 is 0. The van der Waals surface area contributed by atoms with E-state index in [-0.39, 0.29) is 13.0 Å². The van der Waals surface area contributed by atoms with Gasteiger partial charge in [-0.1, -0.05) is 18.2 Å². The highest BCUT2D eigenvalue weighted by molar-refractivity contribution is 6.08. The molecule has 1 atom stereocenters. The molecule has 0 aliphatic carbocycles. The van der Waals surface area contributed by atoms with Crippen molar-refractivity contribution in [2.75, 3.05) is 18.0 Å². The molecule has 28 heavy (non-hydrogen) atoms. The Labute approximate surface area is 165 Å². The number of rotatable bonds is 4. The molecule has 1 aliphatic rings. The Kier molecular flexibility index (Phi) is 5.15. The van der Waals surface area contributed by atoms with Crippen molar-refractivity contribution in [3.05, 3.63) is 89.1 Å². The van der Waals surface area contributed by atoms with Crippen molar-refractivity contribution in [1.29, 1.82) is 0 Å². The molecule has 144 valence electrons. The van der Waals surface area contributed by atoms with Crippen LogP contribution in [0, 0.1) is 12.7 Å². The molecule has 1 unspecified atom stereocenters. The normalized spacial score (nSPS) is 16.8. The van der Waals surface area contributed by atoms with Crippen molar-refractivity contribution in [3.8, 4) is 0 Å². The fraction of sp³-hybridized carbons (Fsp3) is 0.261. The molecule has 0 radical (unpaired) electrons. The molecular weight excluding hydrogens is 353 g/mol. The van der Waals surface area contributed by atoms with E-state index in [1.54, 1.807) is 24.4 Å². The molecule has 0 amide bonds. The molecule has 5 heteroatoms. The van der Waals surface area contributed by atoms with Crippen LogP contribution in [0.25, 0.3) is 0 Å². The van der Waals surface area contributed by atoms with E-state index >= 15 is 0 Å². The third-order valence-electron chi connectivity index (χ3n) is 5.31. The smallest absolute Gasteiger partial charge is 0.213 e. The van der Waals surface area contributed by atoms with Gasteiger partial charge in [0, 0.05) is 37.9 Å². The third kappa shape index (κ3) is 3.79. The van der Waals surface area contributed by atoms with E-state index < -0.39 is 0 Å². The van der Waals surface area contributed by atoms with E-state index in [1.165, 1.54) is 12.1 Å². The van der Waals surface area contributed by atoms with Crippen LogP contribution in [0.2, 0.25) is 0 Å². The first-order chi connectivity index (χ1) is 13.6. The Hall–Kier alpha value is -3.08. The van der Waals surface area contributed by atoms with Crippen LogP contribution < -0.4 is 4.90 Å². The Morgan fingerprint density at radius 3 is 2.75 bits per heavy atom. The Morgan fingerprint density at radius 2 is 1.96 bits per heavy atom. The zero-order chi connectivity index (χ0) is 19.5. The molecule has 3 heterocycles. The lowest BCUT2D eigenvalue weighted by Crippen LogP contribution is -2.35. The van der Waals surface area contributed by atoms with Gasteiger partial charge < -0.3 is 4.90 Å². The minimum atomic E-state index is -0.213. The summed E-state index contributed by atoms with van der Waals surface area (Å²) in [4.78, 5) is 23.9. The summed E-state index contributed by atoms with van der Waals surface area (Å²) in [6.07, 6.45) is 3.78. The van der Waals surface area contributed by atoms with Crippen LogP contribution in [0.1, 0.15) is 47.5 Å². The average Bonchev–Trinajstić information content (AvgIpc) is 2.74. The topological polar surface area (TPSA) is 46.1 Å². The number of carbonyl (C=O) groups is 1. The Morgan fingerprint density at radius 1 is 1.14 bits per heavy atom. The maximum Gasteiger partial charge on any atom is 0.213 e. The van der Waals surface area contributed by atoms with Gasteiger partial charge in [0.25, 0.3) is 0 Å². The Balaban J connectivity index is 0.00000240. The number of benzene rings is 1. The zero-order valence-electron chi connectivity index (χ0n) is 15.8. The average molecular weight is 377 g/mol. The summed E-state index contributed by atoms with van der Waals surface area (Å²) in [6, 6.07) is 15.9. The van der Waals surface area contributed by atoms with Gasteiger partial charge in [-0.05, 0) is 61.7 Å². The van der Waals surface area contributed by atoms with Crippen LogP contribution in [0.15, 0.2) is 60.8 Å². The standard InChI is InChI=1S/C23H22FN3O.H2/c1-16-20(6-3-13-25-16)23(28)21-7-2-8-22(26-21)27-14-4-5-18(15-27)17-9-11-19(24)12-10-17;/h2-3,6-13,18H,4-5,14-15H2,1H3;1H. The molecular formula is C23H24FN3O. The van der Waals surface area contributed by atoms with Gasteiger partial charge in [-0.15, -0.1) is 0 Å². The van der Waals surface area contributed by atoms with Gasteiger partial charge in [-0.25, -0.2) is 9.37 Å². The molecule has 3 aromatic rings. The lowest BCUT2D eigenvalue weighted by molar-refractivity contribution is 0.103. The number of pyridine rings is 2. The molecule has 4 rings (SSSR count). The molecule has 0 bridgehead atoms. The number of nitrogens with zero attached hydrogens (tertiary/aromatic N) is 3. The molecule has 1 saturated heterocycles. The van der Waals surface area contributed by atoms with Crippen molar-refractivity contribution in [3.63, 3.8) is 0 Å². The summed E-state index contributed by atoms with van der Waals surface area (Å²) in [5.41, 5.74) is 2.85. The van der Waals surface area contributed by atoms with Crippen LogP contribution in [0.5, 0.6) is 0 Å². The number of piperidine rings is 1. The lowest BCUT2D eigenvalue weighted by Gasteiger charge is -2.34. The fourth-order valence-corrected chi connectivity index (χ4v) is 3.78. The van der Waals surface area contributed by atoms with Crippen molar-refractivity contribution in [1.82, 2.24) is 9.97 Å². The predicted octanol–water partition coefficient (Wildman–Crippen LogP) is 4.79. The molecule has 0 spiro atoms. The van der Waals surface area contributed by atoms with E-state index in [9.17, 15) is 9.18 Å². The van der Waals surface area contributed by atoms with E-state index in [0.29, 0.717) is 22.9 Å². The largest absolute Gasteiger partial charge is 0.356 e. The van der Waals surface area contributed by atoms with Gasteiger partial charge in [0.1, 0.15) is 17.3 Å². The SMILES string of the molecule is Cc1ncccc1C(=O)c1cccc(N2CCCC(c3ccc(F)cc3)C2)n1.[HH]. The molecule has 0 saturated carbocycles. The summed E-state index contributed by atoms with van der Waals surface area (Å²) in [5.74, 6) is 0.810. The number of halogens is 1. The van der Waals surface area contributed by atoms with E-state index in [1.807, 2.05) is 31.2 Å². The summed E-state index contributed by atoms with van der Waals surface area (Å²) in [7, 11) is 0. The number of hydrogen-bond donors (Lipinski definition) is 0. The van der Waals surface area contributed by atoms with Crippen molar-refractivity contribution >= 4 is 11.6 Å². The lowest BCUT2D eigenvalue weighted by atomic mass is 9.90. The number of aryl methyl sites for hydroxylation is 1. The molecule has 0 N–H and O–H groups in total. The Bertz CT molecular complexity index is 993. The maximum absolute atomic E-state index is 13.2.